The smallest absolute Gasteiger partial charge is 0.335 e. The number of amides is 4. The molecule has 4 amide bonds. The first-order valence-corrected chi connectivity index (χ1v) is 8.26. The van der Waals surface area contributed by atoms with E-state index in [4.69, 9.17) is 14.2 Å². The summed E-state index contributed by atoms with van der Waals surface area (Å²) in [7, 11) is 4.40. The fraction of sp³-hybridized carbons (Fsp3) is 0.150. The van der Waals surface area contributed by atoms with Gasteiger partial charge in [0.2, 0.25) is 0 Å². The van der Waals surface area contributed by atoms with Crippen LogP contribution in [-0.2, 0) is 9.59 Å². The number of methoxy groups -OCH3 is 3. The molecular weight excluding hydrogens is 364 g/mol. The predicted octanol–water partition coefficient (Wildman–Crippen LogP) is 2.38. The molecule has 0 aliphatic carbocycles. The SMILES string of the molecule is COc1cc(OC)c(OC)cc1C=C1C(=O)NC(=O)N(c2ccccc2)C1=O. The van der Waals surface area contributed by atoms with Gasteiger partial charge in [0.05, 0.1) is 27.0 Å². The summed E-state index contributed by atoms with van der Waals surface area (Å²) in [5, 5.41) is 2.18. The number of carbonyl (C=O) groups excluding carboxylic acids is 3. The lowest BCUT2D eigenvalue weighted by molar-refractivity contribution is -0.122. The number of para-hydroxylation sites is 1. The molecule has 0 radical (unpaired) electrons. The molecule has 0 bridgehead atoms. The average molecular weight is 382 g/mol. The number of nitrogens with zero attached hydrogens (tertiary/aromatic N) is 1. The van der Waals surface area contributed by atoms with Crippen LogP contribution in [0.15, 0.2) is 48.0 Å². The Kier molecular flexibility index (Phi) is 5.30. The van der Waals surface area contributed by atoms with Gasteiger partial charge in [-0.05, 0) is 24.3 Å². The monoisotopic (exact) mass is 382 g/mol. The van der Waals surface area contributed by atoms with Crippen molar-refractivity contribution in [3.63, 3.8) is 0 Å². The Balaban J connectivity index is 2.09. The van der Waals surface area contributed by atoms with Gasteiger partial charge in [0.25, 0.3) is 11.8 Å². The van der Waals surface area contributed by atoms with Crippen molar-refractivity contribution >= 4 is 29.6 Å². The third-order valence-electron chi connectivity index (χ3n) is 4.15. The van der Waals surface area contributed by atoms with Crippen LogP contribution in [0.25, 0.3) is 6.08 Å². The largest absolute Gasteiger partial charge is 0.496 e. The van der Waals surface area contributed by atoms with Gasteiger partial charge in [0, 0.05) is 11.6 Å². The van der Waals surface area contributed by atoms with Crippen LogP contribution in [0.4, 0.5) is 10.5 Å². The molecule has 1 aliphatic heterocycles. The van der Waals surface area contributed by atoms with Gasteiger partial charge in [-0.1, -0.05) is 18.2 Å². The number of nitrogens with one attached hydrogen (secondary N) is 1. The van der Waals surface area contributed by atoms with E-state index >= 15 is 0 Å². The lowest BCUT2D eigenvalue weighted by Gasteiger charge is -2.26. The zero-order valence-corrected chi connectivity index (χ0v) is 15.5. The molecule has 2 aromatic carbocycles. The third kappa shape index (κ3) is 3.39. The molecule has 2 aromatic rings. The summed E-state index contributed by atoms with van der Waals surface area (Å²) in [6, 6.07) is 10.7. The van der Waals surface area contributed by atoms with Crippen LogP contribution in [0.5, 0.6) is 17.2 Å². The first-order chi connectivity index (χ1) is 13.5. The molecule has 1 fully saturated rings. The van der Waals surface area contributed by atoms with Crippen LogP contribution in [0.2, 0.25) is 0 Å². The molecule has 3 rings (SSSR count). The molecule has 144 valence electrons. The number of imide groups is 2. The fourth-order valence-electron chi connectivity index (χ4n) is 2.79. The van der Waals surface area contributed by atoms with Crippen molar-refractivity contribution in [3.05, 3.63) is 53.6 Å². The van der Waals surface area contributed by atoms with E-state index in [-0.39, 0.29) is 5.57 Å². The molecule has 1 saturated heterocycles. The van der Waals surface area contributed by atoms with E-state index in [9.17, 15) is 14.4 Å². The van der Waals surface area contributed by atoms with E-state index in [1.54, 1.807) is 42.5 Å². The first kappa shape index (κ1) is 19.0. The second kappa shape index (κ2) is 7.83. The summed E-state index contributed by atoms with van der Waals surface area (Å²) in [5.41, 5.74) is 0.553. The lowest BCUT2D eigenvalue weighted by Crippen LogP contribution is -2.54. The molecule has 0 saturated carbocycles. The average Bonchev–Trinajstić information content (AvgIpc) is 2.71. The van der Waals surface area contributed by atoms with Gasteiger partial charge < -0.3 is 14.2 Å². The highest BCUT2D eigenvalue weighted by Gasteiger charge is 2.37. The van der Waals surface area contributed by atoms with E-state index in [0.29, 0.717) is 28.5 Å². The molecule has 1 aliphatic rings. The zero-order valence-electron chi connectivity index (χ0n) is 15.5. The molecule has 0 unspecified atom stereocenters. The van der Waals surface area contributed by atoms with Gasteiger partial charge in [0.1, 0.15) is 11.3 Å². The molecule has 1 N–H and O–H groups in total. The van der Waals surface area contributed by atoms with Crippen molar-refractivity contribution in [3.8, 4) is 17.2 Å². The maximum absolute atomic E-state index is 12.9. The van der Waals surface area contributed by atoms with Crippen molar-refractivity contribution in [1.29, 1.82) is 0 Å². The minimum atomic E-state index is -0.808. The summed E-state index contributed by atoms with van der Waals surface area (Å²) < 4.78 is 15.8. The second-order valence-electron chi connectivity index (χ2n) is 5.74. The Bertz CT molecular complexity index is 968. The predicted molar refractivity (Wildman–Crippen MR) is 102 cm³/mol. The number of hydrogen-bond acceptors (Lipinski definition) is 6. The molecule has 0 aromatic heterocycles. The summed E-state index contributed by atoms with van der Waals surface area (Å²) in [6.45, 7) is 0. The van der Waals surface area contributed by atoms with E-state index in [2.05, 4.69) is 5.32 Å². The Labute approximate surface area is 161 Å². The van der Waals surface area contributed by atoms with Crippen molar-refractivity contribution in [2.45, 2.75) is 0 Å². The number of anilines is 1. The fourth-order valence-corrected chi connectivity index (χ4v) is 2.79. The van der Waals surface area contributed by atoms with Gasteiger partial charge in [-0.15, -0.1) is 0 Å². The van der Waals surface area contributed by atoms with E-state index in [1.807, 2.05) is 0 Å². The molecular formula is C20H18N2O6. The van der Waals surface area contributed by atoms with Gasteiger partial charge in [-0.25, -0.2) is 9.69 Å². The molecule has 8 heteroatoms. The van der Waals surface area contributed by atoms with Gasteiger partial charge in [-0.2, -0.15) is 0 Å². The minimum absolute atomic E-state index is 0.214. The highest BCUT2D eigenvalue weighted by Crippen LogP contribution is 2.36. The number of barbiturate groups is 1. The van der Waals surface area contributed by atoms with Crippen LogP contribution in [-0.4, -0.2) is 39.2 Å². The molecule has 8 nitrogen and oxygen atoms in total. The second-order valence-corrected chi connectivity index (χ2v) is 5.74. The topological polar surface area (TPSA) is 94.2 Å². The highest BCUT2D eigenvalue weighted by atomic mass is 16.5. The summed E-state index contributed by atoms with van der Waals surface area (Å²) in [5.74, 6) is -0.332. The molecule has 0 atom stereocenters. The van der Waals surface area contributed by atoms with E-state index in [0.717, 1.165) is 4.90 Å². The first-order valence-electron chi connectivity index (χ1n) is 8.26. The van der Waals surface area contributed by atoms with Crippen LogP contribution >= 0.6 is 0 Å². The van der Waals surface area contributed by atoms with Crippen LogP contribution in [0.1, 0.15) is 5.56 Å². The van der Waals surface area contributed by atoms with Gasteiger partial charge in [0.15, 0.2) is 11.5 Å². The van der Waals surface area contributed by atoms with Crippen LogP contribution < -0.4 is 24.4 Å². The number of urea groups is 1. The zero-order chi connectivity index (χ0) is 20.3. The number of hydrogen-bond donors (Lipinski definition) is 1. The van der Waals surface area contributed by atoms with Crippen molar-refractivity contribution in [1.82, 2.24) is 5.32 Å². The summed E-state index contributed by atoms with van der Waals surface area (Å²) >= 11 is 0. The summed E-state index contributed by atoms with van der Waals surface area (Å²) in [4.78, 5) is 38.3. The maximum Gasteiger partial charge on any atom is 0.335 e. The Morgan fingerprint density at radius 2 is 1.46 bits per heavy atom. The molecule has 0 spiro atoms. The number of carbonyl (C=O) groups is 3. The van der Waals surface area contributed by atoms with Crippen molar-refractivity contribution < 1.29 is 28.6 Å². The number of benzene rings is 2. The van der Waals surface area contributed by atoms with E-state index < -0.39 is 17.8 Å². The van der Waals surface area contributed by atoms with Crippen LogP contribution in [0, 0.1) is 0 Å². The maximum atomic E-state index is 12.9. The Hall–Kier alpha value is -3.81. The normalized spacial score (nSPS) is 15.5. The van der Waals surface area contributed by atoms with Crippen molar-refractivity contribution in [2.75, 3.05) is 26.2 Å². The molecule has 1 heterocycles. The highest BCUT2D eigenvalue weighted by molar-refractivity contribution is 6.39. The Morgan fingerprint density at radius 1 is 0.857 bits per heavy atom. The number of rotatable bonds is 5. The number of ether oxygens (including phenoxy) is 3. The minimum Gasteiger partial charge on any atom is -0.496 e. The third-order valence-corrected chi connectivity index (χ3v) is 4.15. The summed E-state index contributed by atoms with van der Waals surface area (Å²) in [6.07, 6.45) is 1.35. The van der Waals surface area contributed by atoms with Gasteiger partial charge in [-0.3, -0.25) is 14.9 Å². The van der Waals surface area contributed by atoms with Gasteiger partial charge >= 0.3 is 6.03 Å². The van der Waals surface area contributed by atoms with E-state index in [1.165, 1.54) is 27.4 Å². The quantitative estimate of drug-likeness (QED) is 0.630. The lowest BCUT2D eigenvalue weighted by atomic mass is 10.1. The van der Waals surface area contributed by atoms with Crippen LogP contribution in [0.3, 0.4) is 0 Å². The standard InChI is InChI=1S/C20H18N2O6/c1-26-15-11-17(28-3)16(27-2)10-12(15)9-14-18(23)21-20(25)22(19(14)24)13-7-5-4-6-8-13/h4-11H,1-3H3,(H,21,23,25). The van der Waals surface area contributed by atoms with Crippen molar-refractivity contribution in [2.24, 2.45) is 0 Å². The molecule has 28 heavy (non-hydrogen) atoms. The Morgan fingerprint density at radius 3 is 2.07 bits per heavy atom.